The molecular weight excluding hydrogens is 760 g/mol. The molecule has 0 bridgehead atoms. The van der Waals surface area contributed by atoms with Crippen LogP contribution in [0.1, 0.15) is 41.4 Å². The molecule has 0 saturated heterocycles. The van der Waals surface area contributed by atoms with Gasteiger partial charge in [0.05, 0.1) is 33.0 Å². The van der Waals surface area contributed by atoms with Crippen molar-refractivity contribution in [1.82, 2.24) is 0 Å². The van der Waals surface area contributed by atoms with Crippen molar-refractivity contribution < 1.29 is 68.9 Å². The van der Waals surface area contributed by atoms with Crippen molar-refractivity contribution in [2.45, 2.75) is 0 Å². The number of benzene rings is 6. The summed E-state index contributed by atoms with van der Waals surface area (Å²) in [5.74, 6) is -6.27. The first-order valence-corrected chi connectivity index (χ1v) is 16.4. The zero-order chi connectivity index (χ0) is 42.5. The Labute approximate surface area is 324 Å². The second-order valence-corrected chi connectivity index (χ2v) is 11.5. The molecule has 0 radical (unpaired) electrons. The molecule has 0 aliphatic rings. The van der Waals surface area contributed by atoms with Crippen molar-refractivity contribution in [1.29, 1.82) is 0 Å². The van der Waals surface area contributed by atoms with Crippen molar-refractivity contribution in [3.05, 3.63) is 177 Å². The fourth-order valence-electron chi connectivity index (χ4n) is 4.90. The van der Waals surface area contributed by atoms with Gasteiger partial charge in [0, 0.05) is 10.8 Å². The number of carboxylic acids is 4. The third kappa shape index (κ3) is 10.3. The Morgan fingerprint density at radius 3 is 0.793 bits per heavy atom. The van der Waals surface area contributed by atoms with Gasteiger partial charge in [0.1, 0.15) is 0 Å². The molecule has 2 aromatic heterocycles. The largest absolute Gasteiger partial charge is 0.504 e. The number of phenolic OH excluding ortho intramolecular Hbond substituents is 4. The molecule has 0 aliphatic heterocycles. The van der Waals surface area contributed by atoms with Crippen LogP contribution in [-0.2, 0) is 0 Å². The minimum atomic E-state index is -0.941. The quantitative estimate of drug-likeness (QED) is 0.0513. The SMILES string of the molecule is O=C(O)c1ccccc1.O=C(O)c1ccccc1.O=C(O)c1ccccc1.O=C(O)c1ccccc1.O=c1oc2c(O)c(O)cc3c(=O)oc4c(O)c(O)cc1c4c23. The monoisotopic (exact) mass is 790 g/mol. The van der Waals surface area contributed by atoms with Crippen molar-refractivity contribution >= 4 is 56.6 Å². The van der Waals surface area contributed by atoms with E-state index >= 15 is 0 Å². The molecule has 0 aliphatic carbocycles. The van der Waals surface area contributed by atoms with E-state index in [0.717, 1.165) is 12.1 Å². The predicted octanol–water partition coefficient (Wildman–Crippen LogP) is 6.85. The Hall–Kier alpha value is -8.66. The van der Waals surface area contributed by atoms with Gasteiger partial charge in [0.2, 0.25) is 11.5 Å². The third-order valence-electron chi connectivity index (χ3n) is 7.63. The Morgan fingerprint density at radius 1 is 0.379 bits per heavy atom. The summed E-state index contributed by atoms with van der Waals surface area (Å²) in [6.07, 6.45) is 0. The number of carbonyl (C=O) groups is 4. The Bertz CT molecular complexity index is 2500. The highest BCUT2D eigenvalue weighted by atomic mass is 16.4. The van der Waals surface area contributed by atoms with E-state index in [4.69, 9.17) is 29.3 Å². The summed E-state index contributed by atoms with van der Waals surface area (Å²) in [7, 11) is 0. The number of carboxylic acid groups (broad SMARTS) is 4. The molecule has 58 heavy (non-hydrogen) atoms. The van der Waals surface area contributed by atoms with Crippen LogP contribution in [0.3, 0.4) is 0 Å². The van der Waals surface area contributed by atoms with Gasteiger partial charge in [-0.15, -0.1) is 0 Å². The molecule has 16 nitrogen and oxygen atoms in total. The van der Waals surface area contributed by atoms with Crippen molar-refractivity contribution in [2.24, 2.45) is 0 Å². The summed E-state index contributed by atoms with van der Waals surface area (Å²) in [6, 6.07) is 35.1. The molecule has 0 saturated carbocycles. The number of rotatable bonds is 4. The molecule has 6 aromatic carbocycles. The van der Waals surface area contributed by atoms with Gasteiger partial charge >= 0.3 is 35.1 Å². The van der Waals surface area contributed by atoms with Crippen LogP contribution < -0.4 is 11.3 Å². The van der Waals surface area contributed by atoms with Crippen molar-refractivity contribution in [2.75, 3.05) is 0 Å². The molecule has 0 spiro atoms. The van der Waals surface area contributed by atoms with E-state index in [-0.39, 0.29) is 21.5 Å². The molecule has 0 fully saturated rings. The average molecular weight is 791 g/mol. The number of aromatic hydroxyl groups is 4. The number of phenols is 4. The fraction of sp³-hybridized carbons (Fsp3) is 0. The number of hydrogen-bond donors (Lipinski definition) is 8. The Balaban J connectivity index is 0.000000174. The molecule has 0 amide bonds. The summed E-state index contributed by atoms with van der Waals surface area (Å²) in [6.45, 7) is 0. The first-order valence-electron chi connectivity index (χ1n) is 16.4. The predicted molar refractivity (Wildman–Crippen MR) is 207 cm³/mol. The molecule has 0 atom stereocenters. The summed E-state index contributed by atoms with van der Waals surface area (Å²) in [5, 5.41) is 72.2. The molecule has 16 heteroatoms. The average Bonchev–Trinajstić information content (AvgIpc) is 3.23. The van der Waals surface area contributed by atoms with Crippen LogP contribution in [0, 0.1) is 0 Å². The van der Waals surface area contributed by atoms with E-state index in [1.54, 1.807) is 121 Å². The maximum atomic E-state index is 12.0. The van der Waals surface area contributed by atoms with Gasteiger partial charge in [-0.2, -0.15) is 0 Å². The minimum Gasteiger partial charge on any atom is -0.504 e. The first-order chi connectivity index (χ1) is 27.6. The van der Waals surface area contributed by atoms with Crippen molar-refractivity contribution in [3.63, 3.8) is 0 Å². The standard InChI is InChI=1S/C14H6O8.4C7H6O2/c15-5-1-3-7-8-4(14(20)22-11(7)9(5)17)2-6(16)10(18)12(8)21-13(3)19;4*8-7(9)6-4-2-1-3-5-6/h1-2,15-18H;4*1-5H,(H,8,9). The van der Waals surface area contributed by atoms with Crippen LogP contribution in [0.2, 0.25) is 0 Å². The van der Waals surface area contributed by atoms with Gasteiger partial charge in [0.25, 0.3) is 0 Å². The van der Waals surface area contributed by atoms with Crippen LogP contribution >= 0.6 is 0 Å². The molecule has 8 N–H and O–H groups in total. The smallest absolute Gasteiger partial charge is 0.344 e. The molecule has 2 heterocycles. The van der Waals surface area contributed by atoms with Gasteiger partial charge in [-0.1, -0.05) is 72.8 Å². The molecule has 8 rings (SSSR count). The molecule has 8 aromatic rings. The van der Waals surface area contributed by atoms with Crippen LogP contribution in [0.4, 0.5) is 0 Å². The van der Waals surface area contributed by atoms with Gasteiger partial charge in [0.15, 0.2) is 22.7 Å². The lowest BCUT2D eigenvalue weighted by Gasteiger charge is -2.10. The van der Waals surface area contributed by atoms with Gasteiger partial charge < -0.3 is 49.7 Å². The second-order valence-electron chi connectivity index (χ2n) is 11.5. The zero-order valence-corrected chi connectivity index (χ0v) is 29.5. The Morgan fingerprint density at radius 2 is 0.603 bits per heavy atom. The van der Waals surface area contributed by atoms with Crippen LogP contribution in [0.15, 0.2) is 152 Å². The van der Waals surface area contributed by atoms with E-state index in [1.807, 2.05) is 0 Å². The summed E-state index contributed by atoms with van der Waals surface area (Å²) in [5.41, 5.74) is -1.37. The summed E-state index contributed by atoms with van der Waals surface area (Å²) < 4.78 is 9.87. The van der Waals surface area contributed by atoms with Crippen LogP contribution in [-0.4, -0.2) is 64.7 Å². The summed E-state index contributed by atoms with van der Waals surface area (Å²) >= 11 is 0. The molecule has 0 unspecified atom stereocenters. The van der Waals surface area contributed by atoms with Crippen LogP contribution in [0.5, 0.6) is 23.0 Å². The maximum Gasteiger partial charge on any atom is 0.344 e. The number of aromatic carboxylic acids is 4. The Kier molecular flexibility index (Phi) is 13.8. The second kappa shape index (κ2) is 19.1. The van der Waals surface area contributed by atoms with Gasteiger partial charge in [-0.3, -0.25) is 0 Å². The minimum absolute atomic E-state index is 0.00597. The maximum absolute atomic E-state index is 12.0. The lowest BCUT2D eigenvalue weighted by Crippen LogP contribution is -2.06. The van der Waals surface area contributed by atoms with Crippen molar-refractivity contribution in [3.8, 4) is 23.0 Å². The lowest BCUT2D eigenvalue weighted by molar-refractivity contribution is 0.0686. The topological polar surface area (TPSA) is 291 Å². The first kappa shape index (κ1) is 42.1. The van der Waals surface area contributed by atoms with E-state index in [0.29, 0.717) is 22.3 Å². The highest BCUT2D eigenvalue weighted by Crippen LogP contribution is 2.44. The normalized spacial score (nSPS) is 10.0. The lowest BCUT2D eigenvalue weighted by atomic mass is 10.0. The van der Waals surface area contributed by atoms with E-state index in [2.05, 4.69) is 0 Å². The van der Waals surface area contributed by atoms with Crippen LogP contribution in [0.25, 0.3) is 32.7 Å². The molecular formula is C42H30O16. The fourth-order valence-corrected chi connectivity index (χ4v) is 4.90. The number of hydrogen-bond acceptors (Lipinski definition) is 12. The highest BCUT2D eigenvalue weighted by Gasteiger charge is 2.25. The van der Waals surface area contributed by atoms with Gasteiger partial charge in [-0.05, 0) is 60.7 Å². The zero-order valence-electron chi connectivity index (χ0n) is 29.5. The van der Waals surface area contributed by atoms with E-state index < -0.39 is 69.3 Å². The van der Waals surface area contributed by atoms with Gasteiger partial charge in [-0.25, -0.2) is 28.8 Å². The van der Waals surface area contributed by atoms with E-state index in [1.165, 1.54) is 0 Å². The summed E-state index contributed by atoms with van der Waals surface area (Å²) in [4.78, 5) is 64.8. The third-order valence-corrected chi connectivity index (χ3v) is 7.63. The highest BCUT2D eigenvalue weighted by molar-refractivity contribution is 6.22. The van der Waals surface area contributed by atoms with E-state index in [9.17, 15) is 49.2 Å². The molecule has 294 valence electrons.